The van der Waals surface area contributed by atoms with Crippen molar-refractivity contribution in [2.24, 2.45) is 0 Å². The number of aromatic nitrogens is 3. The fraction of sp³-hybridized carbons (Fsp3) is 0.562. The lowest BCUT2D eigenvalue weighted by Crippen LogP contribution is -2.40. The van der Waals surface area contributed by atoms with Gasteiger partial charge in [0.1, 0.15) is 16.7 Å². The van der Waals surface area contributed by atoms with Gasteiger partial charge in [-0.25, -0.2) is 9.97 Å². The van der Waals surface area contributed by atoms with E-state index in [1.807, 2.05) is 20.8 Å². The second-order valence-corrected chi connectivity index (χ2v) is 14.5. The predicted molar refractivity (Wildman–Crippen MR) is 102 cm³/mol. The average Bonchev–Trinajstić information content (AvgIpc) is 2.73. The van der Waals surface area contributed by atoms with Crippen LogP contribution in [0.5, 0.6) is 0 Å². The quantitative estimate of drug-likeness (QED) is 0.762. The molecule has 0 aliphatic carbocycles. The summed E-state index contributed by atoms with van der Waals surface area (Å²) in [4.78, 5) is 27.2. The topological polar surface area (TPSA) is 69.0 Å². The number of amides is 1. The Morgan fingerprint density at radius 2 is 2.04 bits per heavy atom. The molecule has 132 valence electrons. The van der Waals surface area contributed by atoms with Gasteiger partial charge in [-0.15, -0.1) is 0 Å². The van der Waals surface area contributed by atoms with Gasteiger partial charge in [-0.3, -0.25) is 4.79 Å². The Morgan fingerprint density at radius 1 is 1.38 bits per heavy atom. The molecule has 0 aliphatic rings. The van der Waals surface area contributed by atoms with Crippen LogP contribution in [-0.4, -0.2) is 40.8 Å². The van der Waals surface area contributed by atoms with E-state index in [4.69, 9.17) is 4.84 Å². The molecule has 1 N–H and O–H groups in total. The number of nitrogens with zero attached hydrogens (tertiary/aromatic N) is 3. The van der Waals surface area contributed by atoms with Gasteiger partial charge in [-0.05, 0) is 42.7 Å². The minimum absolute atomic E-state index is 0.188. The second-order valence-electron chi connectivity index (χ2n) is 8.08. The molecule has 0 bridgehead atoms. The number of rotatable bonds is 5. The second kappa shape index (κ2) is 6.83. The molecule has 0 aromatic carbocycles. The monoisotopic (exact) mass is 412 g/mol. The summed E-state index contributed by atoms with van der Waals surface area (Å²) in [5.74, 6) is -0.188. The molecule has 8 heteroatoms. The van der Waals surface area contributed by atoms with Crippen molar-refractivity contribution in [1.82, 2.24) is 20.0 Å². The molecule has 0 saturated carbocycles. The van der Waals surface area contributed by atoms with Crippen molar-refractivity contribution >= 4 is 41.1 Å². The first kappa shape index (κ1) is 18.9. The molecule has 2 heterocycles. The molecule has 1 amide bonds. The summed E-state index contributed by atoms with van der Waals surface area (Å²) in [6, 6.07) is 1.03. The first-order chi connectivity index (χ1) is 11.0. The third kappa shape index (κ3) is 5.04. The van der Waals surface area contributed by atoms with Crippen molar-refractivity contribution in [3.05, 3.63) is 22.6 Å². The molecule has 0 aliphatic heterocycles. The summed E-state index contributed by atoms with van der Waals surface area (Å²) in [6.45, 7) is 13.3. The van der Waals surface area contributed by atoms with Crippen LogP contribution in [0.25, 0.3) is 11.2 Å². The summed E-state index contributed by atoms with van der Waals surface area (Å²) in [5.41, 5.74) is 1.21. The lowest BCUT2D eigenvalue weighted by molar-refractivity contribution is 0.0915. The third-order valence-electron chi connectivity index (χ3n) is 3.25. The smallest absolute Gasteiger partial charge is 0.255 e. The van der Waals surface area contributed by atoms with Gasteiger partial charge in [0, 0.05) is 13.6 Å². The summed E-state index contributed by atoms with van der Waals surface area (Å²) in [5, 5.41) is 2.96. The lowest BCUT2D eigenvalue weighted by Gasteiger charge is -2.20. The van der Waals surface area contributed by atoms with Crippen LogP contribution in [0, 0.1) is 0 Å². The molecule has 2 aromatic rings. The van der Waals surface area contributed by atoms with Gasteiger partial charge >= 0.3 is 0 Å². The molecule has 0 radical (unpaired) electrons. The van der Waals surface area contributed by atoms with E-state index >= 15 is 0 Å². The summed E-state index contributed by atoms with van der Waals surface area (Å²) in [7, 11) is -1.20. The Hall–Kier alpha value is -1.41. The van der Waals surface area contributed by atoms with E-state index in [-0.39, 0.29) is 11.4 Å². The first-order valence-electron chi connectivity index (χ1n) is 7.96. The molecule has 6 nitrogen and oxygen atoms in total. The SMILES string of the molecule is CC(C)(C)NC(=O)c1cn(OCC[Si](C)(C)C)c2ncc(Br)nc12. The summed E-state index contributed by atoms with van der Waals surface area (Å²) in [6.07, 6.45) is 3.27. The summed E-state index contributed by atoms with van der Waals surface area (Å²) < 4.78 is 2.15. The number of halogens is 1. The van der Waals surface area contributed by atoms with Gasteiger partial charge in [0.05, 0.1) is 18.0 Å². The Morgan fingerprint density at radius 3 is 2.62 bits per heavy atom. The van der Waals surface area contributed by atoms with Gasteiger partial charge in [0.15, 0.2) is 5.65 Å². The van der Waals surface area contributed by atoms with Crippen LogP contribution in [0.3, 0.4) is 0 Å². The van der Waals surface area contributed by atoms with Crippen molar-refractivity contribution in [3.8, 4) is 0 Å². The van der Waals surface area contributed by atoms with Crippen LogP contribution in [0.15, 0.2) is 17.0 Å². The van der Waals surface area contributed by atoms with Crippen LogP contribution in [-0.2, 0) is 0 Å². The Balaban J connectivity index is 2.34. The average molecular weight is 413 g/mol. The maximum Gasteiger partial charge on any atom is 0.255 e. The van der Waals surface area contributed by atoms with Crippen molar-refractivity contribution in [2.45, 2.75) is 52.0 Å². The highest BCUT2D eigenvalue weighted by Gasteiger charge is 2.22. The molecule has 0 unspecified atom stereocenters. The number of hydrogen-bond donors (Lipinski definition) is 1. The van der Waals surface area contributed by atoms with Gasteiger partial charge in [0.25, 0.3) is 5.91 Å². The molecule has 2 rings (SSSR count). The van der Waals surface area contributed by atoms with Crippen LogP contribution >= 0.6 is 15.9 Å². The fourth-order valence-electron chi connectivity index (χ4n) is 2.07. The van der Waals surface area contributed by atoms with E-state index in [1.54, 1.807) is 17.1 Å². The summed E-state index contributed by atoms with van der Waals surface area (Å²) >= 11 is 3.32. The minimum Gasteiger partial charge on any atom is -0.413 e. The maximum absolute atomic E-state index is 12.6. The van der Waals surface area contributed by atoms with E-state index in [1.165, 1.54) is 0 Å². The van der Waals surface area contributed by atoms with Crippen LogP contribution in [0.4, 0.5) is 0 Å². The van der Waals surface area contributed by atoms with Crippen LogP contribution in [0.2, 0.25) is 25.7 Å². The van der Waals surface area contributed by atoms with Crippen molar-refractivity contribution < 1.29 is 9.63 Å². The number of nitrogens with one attached hydrogen (secondary N) is 1. The molecule has 0 atom stereocenters. The molecule has 0 fully saturated rings. The lowest BCUT2D eigenvalue weighted by atomic mass is 10.1. The van der Waals surface area contributed by atoms with Crippen LogP contribution < -0.4 is 10.2 Å². The Kier molecular flexibility index (Phi) is 5.39. The van der Waals surface area contributed by atoms with Crippen LogP contribution in [0.1, 0.15) is 31.1 Å². The first-order valence-corrected chi connectivity index (χ1v) is 12.5. The van der Waals surface area contributed by atoms with Crippen molar-refractivity contribution in [1.29, 1.82) is 0 Å². The standard InChI is InChI=1S/C16H25BrN4O2Si/c1-16(2,3)20-15(22)11-10-21(23-7-8-24(4,5)6)14-13(11)19-12(17)9-18-14/h9-10H,7-8H2,1-6H3,(H,20,22). The van der Waals surface area contributed by atoms with E-state index in [0.717, 1.165) is 6.04 Å². The van der Waals surface area contributed by atoms with Gasteiger partial charge in [0.2, 0.25) is 0 Å². The Labute approximate surface area is 152 Å². The third-order valence-corrected chi connectivity index (χ3v) is 5.34. The molecule has 24 heavy (non-hydrogen) atoms. The predicted octanol–water partition coefficient (Wildman–Crippen LogP) is 3.49. The number of carbonyl (C=O) groups is 1. The molecular formula is C16H25BrN4O2Si. The zero-order chi connectivity index (χ0) is 18.1. The fourth-order valence-corrected chi connectivity index (χ4v) is 3.05. The number of carbonyl (C=O) groups excluding carboxylic acids is 1. The van der Waals surface area contributed by atoms with E-state index < -0.39 is 8.07 Å². The number of fused-ring (bicyclic) bond motifs is 1. The van der Waals surface area contributed by atoms with Gasteiger partial charge < -0.3 is 10.2 Å². The Bertz CT molecular complexity index is 747. The zero-order valence-electron chi connectivity index (χ0n) is 15.1. The van der Waals surface area contributed by atoms with E-state index in [2.05, 4.69) is 50.9 Å². The van der Waals surface area contributed by atoms with E-state index in [9.17, 15) is 4.79 Å². The molecule has 2 aromatic heterocycles. The maximum atomic E-state index is 12.6. The number of hydrogen-bond acceptors (Lipinski definition) is 4. The normalized spacial score (nSPS) is 12.5. The van der Waals surface area contributed by atoms with Gasteiger partial charge in [-0.1, -0.05) is 19.6 Å². The van der Waals surface area contributed by atoms with E-state index in [0.29, 0.717) is 27.9 Å². The zero-order valence-corrected chi connectivity index (χ0v) is 17.7. The van der Waals surface area contributed by atoms with Crippen molar-refractivity contribution in [3.63, 3.8) is 0 Å². The van der Waals surface area contributed by atoms with Gasteiger partial charge in [-0.2, -0.15) is 4.73 Å². The highest BCUT2D eigenvalue weighted by atomic mass is 79.9. The largest absolute Gasteiger partial charge is 0.413 e. The molecule has 0 spiro atoms. The minimum atomic E-state index is -1.20. The van der Waals surface area contributed by atoms with Crippen molar-refractivity contribution in [2.75, 3.05) is 6.61 Å². The molecular weight excluding hydrogens is 388 g/mol. The highest BCUT2D eigenvalue weighted by Crippen LogP contribution is 2.20. The highest BCUT2D eigenvalue weighted by molar-refractivity contribution is 9.10. The molecule has 0 saturated heterocycles.